The Kier molecular flexibility index (Phi) is 5.41. The van der Waals surface area contributed by atoms with Crippen LogP contribution in [0.4, 0.5) is 9.52 Å². The zero-order valence-electron chi connectivity index (χ0n) is 16.8. The third kappa shape index (κ3) is 4.13. The Morgan fingerprint density at radius 2 is 1.90 bits per heavy atom. The average Bonchev–Trinajstić information content (AvgIpc) is 3.26. The van der Waals surface area contributed by atoms with Crippen molar-refractivity contribution in [2.75, 3.05) is 5.32 Å². The molecule has 30 heavy (non-hydrogen) atoms. The van der Waals surface area contributed by atoms with Crippen LogP contribution in [0.2, 0.25) is 0 Å². The van der Waals surface area contributed by atoms with Gasteiger partial charge in [-0.05, 0) is 56.2 Å². The van der Waals surface area contributed by atoms with Crippen LogP contribution < -0.4 is 5.32 Å². The summed E-state index contributed by atoms with van der Waals surface area (Å²) < 4.78 is 14.8. The molecule has 2 aromatic carbocycles. The number of nitrogens with zero attached hydrogens (tertiary/aromatic N) is 4. The monoisotopic (exact) mass is 421 g/mol. The Morgan fingerprint density at radius 3 is 2.63 bits per heavy atom. The summed E-state index contributed by atoms with van der Waals surface area (Å²) >= 11 is 1.40. The number of hydrogen-bond acceptors (Lipinski definition) is 5. The van der Waals surface area contributed by atoms with Crippen molar-refractivity contribution in [1.29, 1.82) is 0 Å². The second kappa shape index (κ2) is 8.16. The van der Waals surface area contributed by atoms with Gasteiger partial charge in [0.2, 0.25) is 0 Å². The molecule has 1 amide bonds. The molecule has 0 saturated carbocycles. The number of halogens is 1. The Balaban J connectivity index is 1.51. The van der Waals surface area contributed by atoms with Crippen LogP contribution in [0.3, 0.4) is 0 Å². The number of aryl methyl sites for hydroxylation is 2. The van der Waals surface area contributed by atoms with Crippen molar-refractivity contribution in [1.82, 2.24) is 20.0 Å². The summed E-state index contributed by atoms with van der Waals surface area (Å²) in [5, 5.41) is 11.5. The lowest BCUT2D eigenvalue weighted by molar-refractivity contribution is 0.102. The van der Waals surface area contributed by atoms with E-state index in [4.69, 9.17) is 0 Å². The quantitative estimate of drug-likeness (QED) is 0.510. The molecule has 0 aliphatic rings. The van der Waals surface area contributed by atoms with Gasteiger partial charge in [-0.2, -0.15) is 0 Å². The van der Waals surface area contributed by atoms with E-state index in [0.29, 0.717) is 17.2 Å². The fraction of sp³-hybridized carbons (Fsp3) is 0.182. The first-order valence-corrected chi connectivity index (χ1v) is 10.2. The Hall–Kier alpha value is -3.39. The minimum Gasteiger partial charge on any atom is -0.296 e. The molecule has 8 heteroatoms. The molecule has 6 nitrogen and oxygen atoms in total. The van der Waals surface area contributed by atoms with Gasteiger partial charge in [-0.25, -0.2) is 14.1 Å². The molecule has 0 spiro atoms. The molecular formula is C22H20FN5OS. The molecular weight excluding hydrogens is 401 g/mol. The van der Waals surface area contributed by atoms with Crippen LogP contribution >= 0.6 is 11.3 Å². The smallest absolute Gasteiger partial charge is 0.279 e. The van der Waals surface area contributed by atoms with Crippen molar-refractivity contribution in [3.63, 3.8) is 0 Å². The first kappa shape index (κ1) is 19.9. The second-order valence-electron chi connectivity index (χ2n) is 7.06. The predicted molar refractivity (Wildman–Crippen MR) is 115 cm³/mol. The Labute approximate surface area is 177 Å². The highest BCUT2D eigenvalue weighted by Gasteiger charge is 2.19. The van der Waals surface area contributed by atoms with E-state index in [1.165, 1.54) is 23.5 Å². The van der Waals surface area contributed by atoms with E-state index < -0.39 is 0 Å². The van der Waals surface area contributed by atoms with Gasteiger partial charge in [-0.3, -0.25) is 10.1 Å². The van der Waals surface area contributed by atoms with Gasteiger partial charge in [0.25, 0.3) is 5.91 Å². The third-order valence-electron chi connectivity index (χ3n) is 4.75. The van der Waals surface area contributed by atoms with Gasteiger partial charge in [0.05, 0.1) is 17.1 Å². The first-order valence-electron chi connectivity index (χ1n) is 9.42. The lowest BCUT2D eigenvalue weighted by Crippen LogP contribution is -2.14. The molecule has 1 N–H and O–H groups in total. The van der Waals surface area contributed by atoms with Crippen LogP contribution in [0.25, 0.3) is 5.69 Å². The van der Waals surface area contributed by atoms with Gasteiger partial charge in [0.15, 0.2) is 10.8 Å². The number of amides is 1. The highest BCUT2D eigenvalue weighted by molar-refractivity contribution is 7.15. The second-order valence-corrected chi connectivity index (χ2v) is 8.14. The normalized spacial score (nSPS) is 10.9. The van der Waals surface area contributed by atoms with Crippen molar-refractivity contribution in [2.24, 2.45) is 0 Å². The number of aromatic nitrogens is 4. The lowest BCUT2D eigenvalue weighted by atomic mass is 10.1. The highest BCUT2D eigenvalue weighted by atomic mass is 32.1. The first-order chi connectivity index (χ1) is 14.4. The summed E-state index contributed by atoms with van der Waals surface area (Å²) in [6.45, 7) is 5.70. The molecule has 0 bridgehead atoms. The molecule has 0 unspecified atom stereocenters. The standard InChI is InChI=1S/C22H20FN5OS/c1-13-5-4-6-18(11-13)28-15(3)20(26-27-28)21(29)25-22-24-14(2)19(30-22)12-16-7-9-17(23)10-8-16/h4-11H,12H2,1-3H3,(H,24,25,29). The zero-order valence-corrected chi connectivity index (χ0v) is 17.6. The van der Waals surface area contributed by atoms with Crippen molar-refractivity contribution in [3.05, 3.63) is 87.4 Å². The molecule has 0 saturated heterocycles. The van der Waals surface area contributed by atoms with Crippen molar-refractivity contribution in [2.45, 2.75) is 27.2 Å². The summed E-state index contributed by atoms with van der Waals surface area (Å²) in [7, 11) is 0. The average molecular weight is 422 g/mol. The molecule has 0 radical (unpaired) electrons. The van der Waals surface area contributed by atoms with Crippen LogP contribution in [0, 0.1) is 26.6 Å². The largest absolute Gasteiger partial charge is 0.296 e. The highest BCUT2D eigenvalue weighted by Crippen LogP contribution is 2.26. The van der Waals surface area contributed by atoms with Crippen LogP contribution in [0.1, 0.15) is 37.9 Å². The van der Waals surface area contributed by atoms with Gasteiger partial charge >= 0.3 is 0 Å². The number of rotatable bonds is 5. The van der Waals surface area contributed by atoms with Gasteiger partial charge in [0, 0.05) is 11.3 Å². The van der Waals surface area contributed by atoms with E-state index in [1.807, 2.05) is 45.0 Å². The maximum atomic E-state index is 13.1. The fourth-order valence-electron chi connectivity index (χ4n) is 3.13. The number of thiazole rings is 1. The number of hydrogen-bond donors (Lipinski definition) is 1. The molecule has 2 heterocycles. The summed E-state index contributed by atoms with van der Waals surface area (Å²) in [4.78, 5) is 18.2. The maximum Gasteiger partial charge on any atom is 0.279 e. The number of nitrogens with one attached hydrogen (secondary N) is 1. The number of carbonyl (C=O) groups excluding carboxylic acids is 1. The van der Waals surface area contributed by atoms with E-state index in [-0.39, 0.29) is 17.4 Å². The summed E-state index contributed by atoms with van der Waals surface area (Å²) in [5.41, 5.74) is 4.67. The molecule has 152 valence electrons. The van der Waals surface area contributed by atoms with Crippen molar-refractivity contribution >= 4 is 22.4 Å². The van der Waals surface area contributed by atoms with E-state index in [9.17, 15) is 9.18 Å². The van der Waals surface area contributed by atoms with E-state index in [2.05, 4.69) is 20.6 Å². The van der Waals surface area contributed by atoms with Crippen LogP contribution in [-0.2, 0) is 6.42 Å². The Morgan fingerprint density at radius 1 is 1.13 bits per heavy atom. The minimum atomic E-state index is -0.353. The predicted octanol–water partition coefficient (Wildman–Crippen LogP) is 4.63. The number of carbonyl (C=O) groups is 1. The molecule has 0 aliphatic carbocycles. The molecule has 0 aliphatic heterocycles. The van der Waals surface area contributed by atoms with Gasteiger partial charge in [0.1, 0.15) is 5.82 Å². The van der Waals surface area contributed by atoms with Crippen LogP contribution in [0.5, 0.6) is 0 Å². The Bertz CT molecular complexity index is 1210. The SMILES string of the molecule is Cc1cccc(-n2nnc(C(=O)Nc3nc(C)c(Cc4ccc(F)cc4)s3)c2C)c1. The van der Waals surface area contributed by atoms with Crippen LogP contribution in [-0.4, -0.2) is 25.9 Å². The van der Waals surface area contributed by atoms with Gasteiger partial charge < -0.3 is 0 Å². The number of anilines is 1. The topological polar surface area (TPSA) is 72.7 Å². The number of benzene rings is 2. The molecule has 2 aromatic heterocycles. The molecule has 0 fully saturated rings. The summed E-state index contributed by atoms with van der Waals surface area (Å²) in [5.74, 6) is -0.615. The molecule has 0 atom stereocenters. The maximum absolute atomic E-state index is 13.1. The summed E-state index contributed by atoms with van der Waals surface area (Å²) in [6.07, 6.45) is 0.627. The molecule has 4 aromatic rings. The zero-order chi connectivity index (χ0) is 21.3. The van der Waals surface area contributed by atoms with E-state index >= 15 is 0 Å². The minimum absolute atomic E-state index is 0.254. The van der Waals surface area contributed by atoms with Crippen molar-refractivity contribution in [3.8, 4) is 5.69 Å². The van der Waals surface area contributed by atoms with E-state index in [0.717, 1.165) is 27.4 Å². The van der Waals surface area contributed by atoms with Crippen molar-refractivity contribution < 1.29 is 9.18 Å². The van der Waals surface area contributed by atoms with Gasteiger partial charge in [-0.15, -0.1) is 16.4 Å². The summed E-state index contributed by atoms with van der Waals surface area (Å²) in [6, 6.07) is 14.2. The van der Waals surface area contributed by atoms with E-state index in [1.54, 1.807) is 16.8 Å². The van der Waals surface area contributed by atoms with Crippen LogP contribution in [0.15, 0.2) is 48.5 Å². The fourth-order valence-corrected chi connectivity index (χ4v) is 4.13. The lowest BCUT2D eigenvalue weighted by Gasteiger charge is -2.04. The third-order valence-corrected chi connectivity index (χ3v) is 5.82. The molecule has 4 rings (SSSR count). The van der Waals surface area contributed by atoms with Gasteiger partial charge in [-0.1, -0.05) is 29.5 Å².